The van der Waals surface area contributed by atoms with Crippen LogP contribution < -0.4 is 10.1 Å². The first-order valence-electron chi connectivity index (χ1n) is 4.70. The van der Waals surface area contributed by atoms with Gasteiger partial charge >= 0.3 is 0 Å². The van der Waals surface area contributed by atoms with Crippen LogP contribution >= 0.6 is 24.8 Å². The van der Waals surface area contributed by atoms with Crippen LogP contribution in [-0.2, 0) is 0 Å². The number of hydrogen-bond acceptors (Lipinski definition) is 3. The maximum Gasteiger partial charge on any atom is 0.232 e. The lowest BCUT2D eigenvalue weighted by Gasteiger charge is -2.22. The van der Waals surface area contributed by atoms with Gasteiger partial charge in [0, 0.05) is 12.3 Å². The summed E-state index contributed by atoms with van der Waals surface area (Å²) in [6.45, 7) is 2.18. The van der Waals surface area contributed by atoms with Crippen molar-refractivity contribution in [2.45, 2.75) is 18.9 Å². The van der Waals surface area contributed by atoms with E-state index in [-0.39, 0.29) is 24.8 Å². The number of halogens is 2. The largest absolute Gasteiger partial charge is 0.480 e. The molecule has 0 aliphatic carbocycles. The number of nitrogens with one attached hydrogen (secondary N) is 1. The number of aromatic nitrogens is 2. The van der Waals surface area contributed by atoms with Crippen molar-refractivity contribution in [3.63, 3.8) is 0 Å². The zero-order valence-corrected chi connectivity index (χ0v) is 10.3. The van der Waals surface area contributed by atoms with Crippen LogP contribution in [0.15, 0.2) is 12.3 Å². The summed E-state index contributed by atoms with van der Waals surface area (Å²) in [6, 6.07) is 2.45. The van der Waals surface area contributed by atoms with Gasteiger partial charge in [-0.05, 0) is 25.9 Å². The maximum absolute atomic E-state index is 5.04. The molecule has 0 aromatic carbocycles. The van der Waals surface area contributed by atoms with Crippen molar-refractivity contribution in [1.82, 2.24) is 15.1 Å². The van der Waals surface area contributed by atoms with Crippen LogP contribution in [0.3, 0.4) is 0 Å². The molecule has 0 amide bonds. The van der Waals surface area contributed by atoms with Crippen molar-refractivity contribution < 1.29 is 4.74 Å². The van der Waals surface area contributed by atoms with E-state index < -0.39 is 0 Å². The monoisotopic (exact) mass is 253 g/mol. The molecule has 1 aliphatic heterocycles. The Kier molecular flexibility index (Phi) is 6.72. The quantitative estimate of drug-likeness (QED) is 0.872. The van der Waals surface area contributed by atoms with E-state index in [2.05, 4.69) is 10.4 Å². The number of nitrogens with zero attached hydrogens (tertiary/aromatic N) is 2. The highest BCUT2D eigenvalue weighted by atomic mass is 35.5. The number of hydrogen-bond donors (Lipinski definition) is 1. The molecule has 2 heterocycles. The fraction of sp³-hybridized carbons (Fsp3) is 0.667. The molecule has 2 rings (SSSR count). The lowest BCUT2D eigenvalue weighted by molar-refractivity contribution is 0.326. The van der Waals surface area contributed by atoms with Gasteiger partial charge in [-0.1, -0.05) is 0 Å². The van der Waals surface area contributed by atoms with Crippen LogP contribution in [0.1, 0.15) is 18.9 Å². The first kappa shape index (κ1) is 14.6. The summed E-state index contributed by atoms with van der Waals surface area (Å²) >= 11 is 0. The molecule has 0 bridgehead atoms. The number of rotatable bonds is 2. The standard InChI is InChI=1S/C9H15N3O.2ClH/c1-13-9-4-7-12(11-9)8-2-5-10-6-3-8;;/h4,7-8,10H,2-3,5-6H2,1H3;2*1H. The Morgan fingerprint density at radius 1 is 1.40 bits per heavy atom. The molecule has 1 aromatic heterocycles. The molecular formula is C9H17Cl2N3O. The highest BCUT2D eigenvalue weighted by molar-refractivity contribution is 5.85. The summed E-state index contributed by atoms with van der Waals surface area (Å²) in [5, 5.41) is 7.65. The molecule has 1 fully saturated rings. The number of piperidine rings is 1. The van der Waals surface area contributed by atoms with Crippen LogP contribution in [0.4, 0.5) is 0 Å². The molecule has 88 valence electrons. The second-order valence-electron chi connectivity index (χ2n) is 3.32. The van der Waals surface area contributed by atoms with Crippen molar-refractivity contribution >= 4 is 24.8 Å². The highest BCUT2D eigenvalue weighted by Gasteiger charge is 2.15. The minimum atomic E-state index is 0. The highest BCUT2D eigenvalue weighted by Crippen LogP contribution is 2.19. The predicted octanol–water partition coefficient (Wildman–Crippen LogP) is 1.66. The summed E-state index contributed by atoms with van der Waals surface area (Å²) in [7, 11) is 1.65. The van der Waals surface area contributed by atoms with E-state index in [1.165, 1.54) is 0 Å². The minimum absolute atomic E-state index is 0. The summed E-state index contributed by atoms with van der Waals surface area (Å²) in [5.41, 5.74) is 0. The average Bonchev–Trinajstić information content (AvgIpc) is 2.67. The average molecular weight is 254 g/mol. The number of ether oxygens (including phenoxy) is 1. The van der Waals surface area contributed by atoms with Gasteiger partial charge in [-0.2, -0.15) is 0 Å². The van der Waals surface area contributed by atoms with Gasteiger partial charge < -0.3 is 10.1 Å². The molecule has 1 aliphatic rings. The SMILES string of the molecule is COc1ccn(C2CCNCC2)n1.Cl.Cl. The van der Waals surface area contributed by atoms with Gasteiger partial charge in [0.1, 0.15) is 0 Å². The molecule has 6 heteroatoms. The molecule has 15 heavy (non-hydrogen) atoms. The lowest BCUT2D eigenvalue weighted by Crippen LogP contribution is -2.29. The van der Waals surface area contributed by atoms with E-state index in [4.69, 9.17) is 4.74 Å². The van der Waals surface area contributed by atoms with Gasteiger partial charge in [0.15, 0.2) is 0 Å². The lowest BCUT2D eigenvalue weighted by atomic mass is 10.1. The fourth-order valence-electron chi connectivity index (χ4n) is 1.70. The Balaban J connectivity index is 0.000000980. The fourth-order valence-corrected chi connectivity index (χ4v) is 1.70. The summed E-state index contributed by atoms with van der Waals surface area (Å²) in [5.74, 6) is 0.707. The molecule has 0 unspecified atom stereocenters. The Morgan fingerprint density at radius 3 is 2.60 bits per heavy atom. The smallest absolute Gasteiger partial charge is 0.232 e. The van der Waals surface area contributed by atoms with Gasteiger partial charge in [0.25, 0.3) is 0 Å². The van der Waals surface area contributed by atoms with Crippen LogP contribution in [0.2, 0.25) is 0 Å². The molecular weight excluding hydrogens is 237 g/mol. The van der Waals surface area contributed by atoms with Gasteiger partial charge in [-0.3, -0.25) is 4.68 Å². The molecule has 1 N–H and O–H groups in total. The van der Waals surface area contributed by atoms with E-state index in [0.717, 1.165) is 25.9 Å². The normalized spacial score (nSPS) is 16.3. The number of methoxy groups -OCH3 is 1. The second kappa shape index (κ2) is 6.93. The van der Waals surface area contributed by atoms with Gasteiger partial charge in [0.05, 0.1) is 13.2 Å². The van der Waals surface area contributed by atoms with Crippen molar-refractivity contribution in [1.29, 1.82) is 0 Å². The van der Waals surface area contributed by atoms with E-state index in [0.29, 0.717) is 11.9 Å². The van der Waals surface area contributed by atoms with Crippen LogP contribution in [-0.4, -0.2) is 30.0 Å². The predicted molar refractivity (Wildman–Crippen MR) is 64.4 cm³/mol. The molecule has 1 saturated heterocycles. The topological polar surface area (TPSA) is 39.1 Å². The van der Waals surface area contributed by atoms with Crippen molar-refractivity contribution in [2.75, 3.05) is 20.2 Å². The van der Waals surface area contributed by atoms with Crippen molar-refractivity contribution in [3.8, 4) is 5.88 Å². The molecule has 0 radical (unpaired) electrons. The first-order valence-corrected chi connectivity index (χ1v) is 4.70. The Hall–Kier alpha value is -0.450. The van der Waals surface area contributed by atoms with Crippen LogP contribution in [0.25, 0.3) is 0 Å². The molecule has 4 nitrogen and oxygen atoms in total. The Bertz CT molecular complexity index is 274. The minimum Gasteiger partial charge on any atom is -0.480 e. The zero-order valence-electron chi connectivity index (χ0n) is 8.68. The van der Waals surface area contributed by atoms with Gasteiger partial charge in [-0.15, -0.1) is 29.9 Å². The van der Waals surface area contributed by atoms with Crippen molar-refractivity contribution in [2.24, 2.45) is 0 Å². The second-order valence-corrected chi connectivity index (χ2v) is 3.32. The molecule has 0 atom stereocenters. The first-order chi connectivity index (χ1) is 6.40. The van der Waals surface area contributed by atoms with Crippen LogP contribution in [0, 0.1) is 0 Å². The maximum atomic E-state index is 5.04. The van der Waals surface area contributed by atoms with E-state index in [1.807, 2.05) is 16.9 Å². The Morgan fingerprint density at radius 2 is 2.07 bits per heavy atom. The third kappa shape index (κ3) is 3.55. The van der Waals surface area contributed by atoms with Gasteiger partial charge in [-0.25, -0.2) is 0 Å². The third-order valence-electron chi connectivity index (χ3n) is 2.48. The third-order valence-corrected chi connectivity index (χ3v) is 2.48. The van der Waals surface area contributed by atoms with Gasteiger partial charge in [0.2, 0.25) is 5.88 Å². The van der Waals surface area contributed by atoms with E-state index in [1.54, 1.807) is 7.11 Å². The summed E-state index contributed by atoms with van der Waals surface area (Å²) in [4.78, 5) is 0. The Labute approximate surface area is 102 Å². The van der Waals surface area contributed by atoms with E-state index >= 15 is 0 Å². The van der Waals surface area contributed by atoms with E-state index in [9.17, 15) is 0 Å². The summed E-state index contributed by atoms with van der Waals surface area (Å²) in [6.07, 6.45) is 4.31. The molecule has 0 saturated carbocycles. The molecule has 0 spiro atoms. The summed E-state index contributed by atoms with van der Waals surface area (Å²) < 4.78 is 7.05. The van der Waals surface area contributed by atoms with Crippen LogP contribution in [0.5, 0.6) is 5.88 Å². The zero-order chi connectivity index (χ0) is 9.10. The van der Waals surface area contributed by atoms with Crippen molar-refractivity contribution in [3.05, 3.63) is 12.3 Å². The molecule has 1 aromatic rings.